The lowest BCUT2D eigenvalue weighted by atomic mass is 9.92. The number of fused-ring (bicyclic) bond motifs is 1. The SMILES string of the molecule is N=C(N)c1ccc(NC(=O)c2cc3cccc(O)c3cc2-c2ccccc2C(=O)O)cc1. The third-order valence-corrected chi connectivity index (χ3v) is 5.14. The second-order valence-electron chi connectivity index (χ2n) is 7.19. The predicted octanol–water partition coefficient (Wildman–Crippen LogP) is 4.45. The van der Waals surface area contributed by atoms with Crippen molar-refractivity contribution in [3.63, 3.8) is 0 Å². The molecular formula is C25H19N3O4. The first-order chi connectivity index (χ1) is 15.3. The van der Waals surface area contributed by atoms with Crippen LogP contribution in [0.4, 0.5) is 5.69 Å². The third-order valence-electron chi connectivity index (χ3n) is 5.14. The molecule has 0 aromatic heterocycles. The first kappa shape index (κ1) is 20.6. The molecule has 4 aromatic carbocycles. The van der Waals surface area contributed by atoms with Crippen LogP contribution in [0.25, 0.3) is 21.9 Å². The Hall–Kier alpha value is -4.65. The van der Waals surface area contributed by atoms with Gasteiger partial charge in [-0.05, 0) is 65.0 Å². The largest absolute Gasteiger partial charge is 0.507 e. The Morgan fingerprint density at radius 3 is 2.25 bits per heavy atom. The first-order valence-electron chi connectivity index (χ1n) is 9.69. The summed E-state index contributed by atoms with van der Waals surface area (Å²) in [5.74, 6) is -1.61. The summed E-state index contributed by atoms with van der Waals surface area (Å²) in [6.45, 7) is 0. The quantitative estimate of drug-likeness (QED) is 0.238. The van der Waals surface area contributed by atoms with E-state index >= 15 is 0 Å². The molecule has 0 aliphatic rings. The molecule has 4 rings (SSSR count). The molecule has 0 aliphatic carbocycles. The van der Waals surface area contributed by atoms with Crippen LogP contribution in [-0.2, 0) is 0 Å². The fourth-order valence-electron chi connectivity index (χ4n) is 3.56. The number of hydrogen-bond acceptors (Lipinski definition) is 4. The molecule has 0 saturated heterocycles. The van der Waals surface area contributed by atoms with Crippen molar-refractivity contribution < 1.29 is 19.8 Å². The lowest BCUT2D eigenvalue weighted by molar-refractivity contribution is 0.0697. The molecule has 0 radical (unpaired) electrons. The van der Waals surface area contributed by atoms with E-state index in [2.05, 4.69) is 5.32 Å². The highest BCUT2D eigenvalue weighted by atomic mass is 16.4. The van der Waals surface area contributed by atoms with Crippen molar-refractivity contribution in [1.82, 2.24) is 0 Å². The van der Waals surface area contributed by atoms with Gasteiger partial charge in [0.1, 0.15) is 11.6 Å². The number of aromatic carboxylic acids is 1. The van der Waals surface area contributed by atoms with Gasteiger partial charge in [0.15, 0.2) is 0 Å². The van der Waals surface area contributed by atoms with Gasteiger partial charge in [-0.1, -0.05) is 30.3 Å². The summed E-state index contributed by atoms with van der Waals surface area (Å²) in [7, 11) is 0. The number of hydrogen-bond donors (Lipinski definition) is 5. The fraction of sp³-hybridized carbons (Fsp3) is 0. The summed E-state index contributed by atoms with van der Waals surface area (Å²) in [6, 6.07) is 21.1. The predicted molar refractivity (Wildman–Crippen MR) is 123 cm³/mol. The van der Waals surface area contributed by atoms with Gasteiger partial charge in [0, 0.05) is 22.2 Å². The molecule has 0 bridgehead atoms. The van der Waals surface area contributed by atoms with Gasteiger partial charge in [-0.2, -0.15) is 0 Å². The minimum atomic E-state index is -1.12. The lowest BCUT2D eigenvalue weighted by Gasteiger charge is -2.15. The summed E-state index contributed by atoms with van der Waals surface area (Å²) < 4.78 is 0. The van der Waals surface area contributed by atoms with Crippen LogP contribution in [0.3, 0.4) is 0 Å². The molecule has 0 fully saturated rings. The van der Waals surface area contributed by atoms with Gasteiger partial charge in [-0.15, -0.1) is 0 Å². The van der Waals surface area contributed by atoms with E-state index in [1.807, 2.05) is 0 Å². The summed E-state index contributed by atoms with van der Waals surface area (Å²) in [5, 5.41) is 31.4. The van der Waals surface area contributed by atoms with Crippen LogP contribution in [0.1, 0.15) is 26.3 Å². The van der Waals surface area contributed by atoms with Crippen LogP contribution in [-0.4, -0.2) is 27.9 Å². The number of amides is 1. The van der Waals surface area contributed by atoms with Crippen molar-refractivity contribution in [3.05, 3.63) is 95.6 Å². The zero-order valence-electron chi connectivity index (χ0n) is 16.8. The van der Waals surface area contributed by atoms with Gasteiger partial charge in [0.05, 0.1) is 5.56 Å². The minimum absolute atomic E-state index is 0.0309. The Morgan fingerprint density at radius 1 is 0.844 bits per heavy atom. The van der Waals surface area contributed by atoms with Crippen LogP contribution >= 0.6 is 0 Å². The number of nitrogen functional groups attached to an aromatic ring is 1. The number of phenols is 1. The molecule has 32 heavy (non-hydrogen) atoms. The number of aromatic hydroxyl groups is 1. The molecule has 0 saturated carbocycles. The molecule has 158 valence electrons. The van der Waals surface area contributed by atoms with Gasteiger partial charge >= 0.3 is 5.97 Å². The zero-order valence-corrected chi connectivity index (χ0v) is 16.8. The highest BCUT2D eigenvalue weighted by Gasteiger charge is 2.20. The van der Waals surface area contributed by atoms with Gasteiger partial charge < -0.3 is 21.3 Å². The van der Waals surface area contributed by atoms with Crippen LogP contribution < -0.4 is 11.1 Å². The van der Waals surface area contributed by atoms with E-state index in [-0.39, 0.29) is 22.7 Å². The third kappa shape index (κ3) is 3.87. The average Bonchev–Trinajstić information content (AvgIpc) is 2.79. The summed E-state index contributed by atoms with van der Waals surface area (Å²) in [4.78, 5) is 25.1. The number of carboxylic acid groups (broad SMARTS) is 1. The normalized spacial score (nSPS) is 10.6. The maximum absolute atomic E-state index is 13.2. The summed E-state index contributed by atoms with van der Waals surface area (Å²) >= 11 is 0. The number of nitrogens with one attached hydrogen (secondary N) is 2. The van der Waals surface area contributed by atoms with E-state index in [1.165, 1.54) is 12.1 Å². The number of carbonyl (C=O) groups is 2. The van der Waals surface area contributed by atoms with E-state index < -0.39 is 11.9 Å². The van der Waals surface area contributed by atoms with Crippen molar-refractivity contribution in [2.24, 2.45) is 5.73 Å². The molecule has 0 spiro atoms. The summed E-state index contributed by atoms with van der Waals surface area (Å²) in [5.41, 5.74) is 7.54. The zero-order chi connectivity index (χ0) is 22.8. The highest BCUT2D eigenvalue weighted by molar-refractivity contribution is 6.13. The van der Waals surface area contributed by atoms with Gasteiger partial charge in [0.2, 0.25) is 0 Å². The first-order valence-corrected chi connectivity index (χ1v) is 9.69. The van der Waals surface area contributed by atoms with Crippen molar-refractivity contribution in [2.75, 3.05) is 5.32 Å². The van der Waals surface area contributed by atoms with Gasteiger partial charge in [-0.25, -0.2) is 4.79 Å². The van der Waals surface area contributed by atoms with E-state index in [0.717, 1.165) is 0 Å². The maximum Gasteiger partial charge on any atom is 0.336 e. The molecule has 6 N–H and O–H groups in total. The Kier molecular flexibility index (Phi) is 5.30. The second kappa shape index (κ2) is 8.23. The van der Waals surface area contributed by atoms with Crippen molar-refractivity contribution >= 4 is 34.2 Å². The Bertz CT molecular complexity index is 1380. The van der Waals surface area contributed by atoms with Crippen molar-refractivity contribution in [1.29, 1.82) is 5.41 Å². The van der Waals surface area contributed by atoms with Gasteiger partial charge in [-0.3, -0.25) is 10.2 Å². The van der Waals surface area contributed by atoms with Crippen LogP contribution in [0, 0.1) is 5.41 Å². The van der Waals surface area contributed by atoms with Crippen molar-refractivity contribution in [2.45, 2.75) is 0 Å². The molecule has 4 aromatic rings. The molecule has 0 unspecified atom stereocenters. The molecule has 0 heterocycles. The number of anilines is 1. The highest BCUT2D eigenvalue weighted by Crippen LogP contribution is 2.35. The molecule has 0 atom stereocenters. The Morgan fingerprint density at radius 2 is 1.56 bits per heavy atom. The van der Waals surface area contributed by atoms with Crippen molar-refractivity contribution in [3.8, 4) is 16.9 Å². The molecule has 7 heteroatoms. The number of carbonyl (C=O) groups excluding carboxylic acids is 1. The van der Waals surface area contributed by atoms with E-state index in [4.69, 9.17) is 11.1 Å². The fourth-order valence-corrected chi connectivity index (χ4v) is 3.56. The smallest absolute Gasteiger partial charge is 0.336 e. The number of rotatable bonds is 5. The Labute approximate surface area is 183 Å². The molecule has 1 amide bonds. The van der Waals surface area contributed by atoms with E-state index in [1.54, 1.807) is 66.7 Å². The summed E-state index contributed by atoms with van der Waals surface area (Å²) in [6.07, 6.45) is 0. The minimum Gasteiger partial charge on any atom is -0.507 e. The topological polar surface area (TPSA) is 136 Å². The van der Waals surface area contributed by atoms with E-state index in [0.29, 0.717) is 33.2 Å². The Balaban J connectivity index is 1.86. The number of nitrogens with two attached hydrogens (primary N) is 1. The van der Waals surface area contributed by atoms with Crippen LogP contribution in [0.15, 0.2) is 78.9 Å². The number of carboxylic acids is 1. The standard InChI is InChI=1S/C25H19N3O4/c26-23(27)14-8-10-16(11-9-14)28-24(30)21-12-15-4-3-7-22(29)19(15)13-20(21)17-5-1-2-6-18(17)25(31)32/h1-13,29H,(H3,26,27)(H,28,30)(H,31,32). The number of phenolic OH excluding ortho intramolecular Hbond substituents is 1. The van der Waals surface area contributed by atoms with E-state index in [9.17, 15) is 19.8 Å². The van der Waals surface area contributed by atoms with Gasteiger partial charge in [0.25, 0.3) is 5.91 Å². The number of benzene rings is 4. The molecule has 0 aliphatic heterocycles. The average molecular weight is 425 g/mol. The molecular weight excluding hydrogens is 406 g/mol. The second-order valence-corrected chi connectivity index (χ2v) is 7.19. The number of amidine groups is 1. The monoisotopic (exact) mass is 425 g/mol. The maximum atomic E-state index is 13.2. The molecule has 7 nitrogen and oxygen atoms in total. The van der Waals surface area contributed by atoms with Crippen LogP contribution in [0.2, 0.25) is 0 Å². The van der Waals surface area contributed by atoms with Crippen LogP contribution in [0.5, 0.6) is 5.75 Å². The lowest BCUT2D eigenvalue weighted by Crippen LogP contribution is -2.15.